The van der Waals surface area contributed by atoms with Crippen LogP contribution in [0.1, 0.15) is 36.5 Å². The Morgan fingerprint density at radius 1 is 1.27 bits per heavy atom. The number of benzene rings is 2. The van der Waals surface area contributed by atoms with E-state index in [9.17, 15) is 14.9 Å². The molecule has 0 N–H and O–H groups in total. The number of thiazole rings is 1. The van der Waals surface area contributed by atoms with Crippen LogP contribution in [0.5, 0.6) is 5.75 Å². The molecule has 3 rings (SSSR count). The van der Waals surface area contributed by atoms with Gasteiger partial charge >= 0.3 is 0 Å². The molecule has 0 fully saturated rings. The van der Waals surface area contributed by atoms with Crippen molar-refractivity contribution in [3.63, 3.8) is 0 Å². The minimum Gasteiger partial charge on any atom is -0.494 e. The summed E-state index contributed by atoms with van der Waals surface area (Å²) in [6.07, 6.45) is 4.95. The second-order valence-electron chi connectivity index (χ2n) is 6.69. The van der Waals surface area contributed by atoms with Crippen LogP contribution in [0.25, 0.3) is 10.2 Å². The van der Waals surface area contributed by atoms with E-state index in [1.165, 1.54) is 23.5 Å². The zero-order valence-electron chi connectivity index (χ0n) is 16.7. The summed E-state index contributed by atoms with van der Waals surface area (Å²) in [5.74, 6) is 0.338. The second-order valence-corrected chi connectivity index (χ2v) is 7.70. The molecule has 2 aromatic carbocycles. The summed E-state index contributed by atoms with van der Waals surface area (Å²) in [5, 5.41) is 11.1. The molecule has 0 saturated heterocycles. The smallest absolute Gasteiger partial charge is 0.279 e. The molecule has 156 valence electrons. The summed E-state index contributed by atoms with van der Waals surface area (Å²) in [6.45, 7) is 6.98. The van der Waals surface area contributed by atoms with Crippen molar-refractivity contribution in [3.05, 3.63) is 75.6 Å². The first-order valence-electron chi connectivity index (χ1n) is 9.74. The molecule has 0 unspecified atom stereocenters. The van der Waals surface area contributed by atoms with Crippen molar-refractivity contribution in [2.45, 2.75) is 32.7 Å². The molecule has 1 heterocycles. The molecular weight excluding hydrogens is 402 g/mol. The number of carbonyl (C=O) groups excluding carboxylic acids is 1. The number of nitro benzene ring substituents is 1. The molecule has 0 bridgehead atoms. The number of hydrogen-bond donors (Lipinski definition) is 0. The zero-order valence-corrected chi connectivity index (χ0v) is 17.6. The maximum Gasteiger partial charge on any atom is 0.279 e. The molecule has 0 atom stereocenters. The number of non-ortho nitro benzene ring substituents is 1. The summed E-state index contributed by atoms with van der Waals surface area (Å²) in [6, 6.07) is 11.5. The van der Waals surface area contributed by atoms with Crippen LogP contribution in [-0.2, 0) is 6.54 Å². The summed E-state index contributed by atoms with van der Waals surface area (Å²) >= 11 is 1.24. The normalized spacial score (nSPS) is 11.6. The topological polar surface area (TPSA) is 86.7 Å². The minimum atomic E-state index is -0.440. The number of amides is 1. The van der Waals surface area contributed by atoms with E-state index in [1.54, 1.807) is 36.4 Å². The summed E-state index contributed by atoms with van der Waals surface area (Å²) in [5.41, 5.74) is 1.22. The molecule has 0 radical (unpaired) electrons. The van der Waals surface area contributed by atoms with Crippen LogP contribution < -0.4 is 9.54 Å². The fraction of sp³-hybridized carbons (Fsp3) is 0.273. The number of allylic oxidation sites excluding steroid dienone is 1. The van der Waals surface area contributed by atoms with E-state index in [1.807, 2.05) is 4.57 Å². The largest absolute Gasteiger partial charge is 0.494 e. The van der Waals surface area contributed by atoms with Gasteiger partial charge in [0, 0.05) is 24.2 Å². The molecular formula is C22H23N3O4S. The van der Waals surface area contributed by atoms with E-state index in [0.29, 0.717) is 28.2 Å². The van der Waals surface area contributed by atoms with Gasteiger partial charge in [-0.1, -0.05) is 37.2 Å². The van der Waals surface area contributed by atoms with E-state index in [-0.39, 0.29) is 11.6 Å². The highest BCUT2D eigenvalue weighted by Gasteiger charge is 2.13. The predicted octanol–water partition coefficient (Wildman–Crippen LogP) is 5.11. The number of nitrogens with zero attached hydrogens (tertiary/aromatic N) is 3. The Labute approximate surface area is 178 Å². The lowest BCUT2D eigenvalue weighted by atomic mass is 10.2. The van der Waals surface area contributed by atoms with Gasteiger partial charge in [-0.2, -0.15) is 4.99 Å². The molecule has 30 heavy (non-hydrogen) atoms. The molecule has 8 heteroatoms. The molecule has 0 aliphatic carbocycles. The van der Waals surface area contributed by atoms with E-state index >= 15 is 0 Å². The minimum absolute atomic E-state index is 0.00176. The number of fused-ring (bicyclic) bond motifs is 1. The van der Waals surface area contributed by atoms with Gasteiger partial charge in [0.05, 0.1) is 21.7 Å². The van der Waals surface area contributed by atoms with Crippen LogP contribution in [0, 0.1) is 10.1 Å². The molecule has 0 saturated carbocycles. The van der Waals surface area contributed by atoms with Gasteiger partial charge in [0.15, 0.2) is 4.80 Å². The van der Waals surface area contributed by atoms with Crippen molar-refractivity contribution in [3.8, 4) is 5.75 Å². The molecule has 7 nitrogen and oxygen atoms in total. The van der Waals surface area contributed by atoms with Gasteiger partial charge < -0.3 is 9.30 Å². The maximum atomic E-state index is 12.7. The first kappa shape index (κ1) is 21.4. The standard InChI is InChI=1S/C22H23N3O4S/c1-3-5-6-14-29-18-10-7-16(8-11-18)21(26)23-22-24(13-4-2)19-12-9-17(25(27)28)15-20(19)30-22/h4,7-12,15H,2-3,5-6,13-14H2,1H3. The maximum absolute atomic E-state index is 12.7. The number of hydrogen-bond acceptors (Lipinski definition) is 5. The van der Waals surface area contributed by atoms with Crippen LogP contribution >= 0.6 is 11.3 Å². The number of nitro groups is 1. The van der Waals surface area contributed by atoms with Crippen LogP contribution in [0.3, 0.4) is 0 Å². The van der Waals surface area contributed by atoms with Crippen LogP contribution in [-0.4, -0.2) is 22.0 Å². The number of aromatic nitrogens is 1. The lowest BCUT2D eigenvalue weighted by Gasteiger charge is -2.05. The van der Waals surface area contributed by atoms with Crippen molar-refractivity contribution in [2.75, 3.05) is 6.61 Å². The number of unbranched alkanes of at least 4 members (excludes halogenated alkanes) is 2. The highest BCUT2D eigenvalue weighted by atomic mass is 32.1. The summed E-state index contributed by atoms with van der Waals surface area (Å²) in [4.78, 5) is 28.0. The Morgan fingerprint density at radius 2 is 2.03 bits per heavy atom. The van der Waals surface area contributed by atoms with Crippen LogP contribution in [0.2, 0.25) is 0 Å². The first-order valence-corrected chi connectivity index (χ1v) is 10.6. The number of rotatable bonds is 9. The van der Waals surface area contributed by atoms with Crippen molar-refractivity contribution >= 4 is 33.1 Å². The molecule has 3 aromatic rings. The molecule has 0 aliphatic rings. The van der Waals surface area contributed by atoms with Crippen molar-refractivity contribution in [2.24, 2.45) is 4.99 Å². The van der Waals surface area contributed by atoms with Crippen LogP contribution in [0.4, 0.5) is 5.69 Å². The van der Waals surface area contributed by atoms with Crippen molar-refractivity contribution in [1.82, 2.24) is 4.57 Å². The molecule has 1 amide bonds. The van der Waals surface area contributed by atoms with Gasteiger partial charge in [0.25, 0.3) is 11.6 Å². The quantitative estimate of drug-likeness (QED) is 0.206. The average molecular weight is 426 g/mol. The van der Waals surface area contributed by atoms with E-state index in [2.05, 4.69) is 18.5 Å². The third kappa shape index (κ3) is 5.01. The number of carbonyl (C=O) groups is 1. The van der Waals surface area contributed by atoms with Crippen LogP contribution in [0.15, 0.2) is 60.1 Å². The SMILES string of the molecule is C=CCn1c(=NC(=O)c2ccc(OCCCCC)cc2)sc2cc([N+](=O)[O-])ccc21. The first-order chi connectivity index (χ1) is 14.5. The van der Waals surface area contributed by atoms with E-state index < -0.39 is 4.92 Å². The number of ether oxygens (including phenoxy) is 1. The lowest BCUT2D eigenvalue weighted by Crippen LogP contribution is -2.16. The van der Waals surface area contributed by atoms with Gasteiger partial charge in [0.2, 0.25) is 0 Å². The molecule has 1 aromatic heterocycles. The Morgan fingerprint density at radius 3 is 2.70 bits per heavy atom. The highest BCUT2D eigenvalue weighted by Crippen LogP contribution is 2.23. The third-order valence-electron chi connectivity index (χ3n) is 4.50. The fourth-order valence-corrected chi connectivity index (χ4v) is 4.02. The lowest BCUT2D eigenvalue weighted by molar-refractivity contribution is -0.384. The Bertz CT molecular complexity index is 1130. The van der Waals surface area contributed by atoms with E-state index in [4.69, 9.17) is 4.74 Å². The average Bonchev–Trinajstić information content (AvgIpc) is 3.08. The fourth-order valence-electron chi connectivity index (χ4n) is 2.95. The van der Waals surface area contributed by atoms with Gasteiger partial charge in [0.1, 0.15) is 5.75 Å². The van der Waals surface area contributed by atoms with Gasteiger partial charge in [-0.15, -0.1) is 6.58 Å². The van der Waals surface area contributed by atoms with Gasteiger partial charge in [-0.05, 0) is 36.8 Å². The summed E-state index contributed by atoms with van der Waals surface area (Å²) in [7, 11) is 0. The highest BCUT2D eigenvalue weighted by molar-refractivity contribution is 7.16. The summed E-state index contributed by atoms with van der Waals surface area (Å²) < 4.78 is 8.18. The zero-order chi connectivity index (χ0) is 21.5. The molecule has 0 aliphatic heterocycles. The van der Waals surface area contributed by atoms with Crippen molar-refractivity contribution < 1.29 is 14.5 Å². The Kier molecular flexibility index (Phi) is 7.13. The van der Waals surface area contributed by atoms with Crippen molar-refractivity contribution in [1.29, 1.82) is 0 Å². The third-order valence-corrected chi connectivity index (χ3v) is 5.55. The predicted molar refractivity (Wildman–Crippen MR) is 118 cm³/mol. The molecule has 0 spiro atoms. The Hall–Kier alpha value is -3.26. The monoisotopic (exact) mass is 425 g/mol. The van der Waals surface area contributed by atoms with Gasteiger partial charge in [-0.25, -0.2) is 0 Å². The second kappa shape index (κ2) is 9.98. The van der Waals surface area contributed by atoms with E-state index in [0.717, 1.165) is 30.5 Å². The van der Waals surface area contributed by atoms with Gasteiger partial charge in [-0.3, -0.25) is 14.9 Å². The Balaban J connectivity index is 1.87.